The van der Waals surface area contributed by atoms with Crippen LogP contribution in [0.1, 0.15) is 33.0 Å². The number of aryl methyl sites for hydroxylation is 1. The Kier molecular flexibility index (Phi) is 7.24. The van der Waals surface area contributed by atoms with Gasteiger partial charge in [-0.25, -0.2) is 0 Å². The molecule has 1 atom stereocenters. The zero-order valence-electron chi connectivity index (χ0n) is 14.6. The second-order valence-electron chi connectivity index (χ2n) is 5.88. The first-order chi connectivity index (χ1) is 12.5. The molecule has 0 heterocycles. The third-order valence-corrected chi connectivity index (χ3v) is 5.00. The molecule has 5 nitrogen and oxygen atoms in total. The van der Waals surface area contributed by atoms with Gasteiger partial charge < -0.3 is 11.1 Å². The zero-order chi connectivity index (χ0) is 18.9. The zero-order valence-corrected chi connectivity index (χ0v) is 15.4. The fourth-order valence-corrected chi connectivity index (χ4v) is 3.78. The monoisotopic (exact) mass is 367 g/mol. The van der Waals surface area contributed by atoms with Crippen LogP contribution in [0.5, 0.6) is 0 Å². The summed E-state index contributed by atoms with van der Waals surface area (Å²) in [6.07, 6.45) is 0. The summed E-state index contributed by atoms with van der Waals surface area (Å²) in [6, 6.07) is 16.9. The highest BCUT2D eigenvalue weighted by atomic mass is 32.2. The molecule has 0 bridgehead atoms. The first-order valence-corrected chi connectivity index (χ1v) is 9.35. The van der Waals surface area contributed by atoms with Crippen LogP contribution in [0.15, 0.2) is 48.5 Å². The Bertz CT molecular complexity index is 830. The Morgan fingerprint density at radius 2 is 2.00 bits per heavy atom. The molecule has 2 aromatic rings. The predicted molar refractivity (Wildman–Crippen MR) is 104 cm³/mol. The van der Waals surface area contributed by atoms with Gasteiger partial charge in [-0.15, -0.1) is 0 Å². The number of thioether (sulfide) groups is 1. The second kappa shape index (κ2) is 9.64. The standard InChI is InChI=1S/C20H21N3O2S/c1-14-5-4-6-15(11-14)12-26-13-18(20(25)23-10-9-21)16-7-2-3-8-17(16)19(22)24/h2-8,11,18H,10,12-13H2,1H3,(H2,22,24)(H,23,25). The molecule has 0 aromatic heterocycles. The van der Waals surface area contributed by atoms with E-state index in [2.05, 4.69) is 11.4 Å². The number of nitrogens with two attached hydrogens (primary N) is 1. The highest BCUT2D eigenvalue weighted by molar-refractivity contribution is 7.98. The van der Waals surface area contributed by atoms with E-state index in [4.69, 9.17) is 11.0 Å². The van der Waals surface area contributed by atoms with E-state index >= 15 is 0 Å². The van der Waals surface area contributed by atoms with Gasteiger partial charge in [0.15, 0.2) is 0 Å². The second-order valence-corrected chi connectivity index (χ2v) is 6.91. The van der Waals surface area contributed by atoms with Gasteiger partial charge in [-0.2, -0.15) is 17.0 Å². The van der Waals surface area contributed by atoms with Gasteiger partial charge in [0.1, 0.15) is 6.54 Å². The molecule has 1 unspecified atom stereocenters. The van der Waals surface area contributed by atoms with Gasteiger partial charge in [-0.05, 0) is 24.1 Å². The van der Waals surface area contributed by atoms with Crippen LogP contribution >= 0.6 is 11.8 Å². The molecule has 6 heteroatoms. The van der Waals surface area contributed by atoms with Gasteiger partial charge >= 0.3 is 0 Å². The van der Waals surface area contributed by atoms with Crippen molar-refractivity contribution in [2.75, 3.05) is 12.3 Å². The van der Waals surface area contributed by atoms with Gasteiger partial charge in [-0.3, -0.25) is 9.59 Å². The first-order valence-electron chi connectivity index (χ1n) is 8.19. The number of benzene rings is 2. The number of amides is 2. The van der Waals surface area contributed by atoms with Crippen molar-refractivity contribution in [3.63, 3.8) is 0 Å². The molecular weight excluding hydrogens is 346 g/mol. The number of primary amides is 1. The Labute approximate surface area is 157 Å². The lowest BCUT2D eigenvalue weighted by molar-refractivity contribution is -0.121. The third kappa shape index (κ3) is 5.36. The van der Waals surface area contributed by atoms with Gasteiger partial charge in [0.2, 0.25) is 11.8 Å². The molecule has 2 rings (SSSR count). The summed E-state index contributed by atoms with van der Waals surface area (Å²) < 4.78 is 0. The number of carbonyl (C=O) groups is 2. The maximum absolute atomic E-state index is 12.5. The summed E-state index contributed by atoms with van der Waals surface area (Å²) in [5, 5.41) is 11.3. The third-order valence-electron chi connectivity index (χ3n) is 3.90. The summed E-state index contributed by atoms with van der Waals surface area (Å²) in [6.45, 7) is 1.96. The van der Waals surface area contributed by atoms with Gasteiger partial charge in [0.25, 0.3) is 0 Å². The van der Waals surface area contributed by atoms with E-state index in [1.807, 2.05) is 31.2 Å². The predicted octanol–water partition coefficient (Wildman–Crippen LogP) is 2.75. The molecule has 0 saturated heterocycles. The van der Waals surface area contributed by atoms with Crippen molar-refractivity contribution in [2.45, 2.75) is 18.6 Å². The number of rotatable bonds is 8. The van der Waals surface area contributed by atoms with E-state index < -0.39 is 11.8 Å². The van der Waals surface area contributed by atoms with Crippen molar-refractivity contribution in [1.82, 2.24) is 5.32 Å². The summed E-state index contributed by atoms with van der Waals surface area (Å²) >= 11 is 1.60. The van der Waals surface area contributed by atoms with Crippen molar-refractivity contribution in [2.24, 2.45) is 5.73 Å². The van der Waals surface area contributed by atoms with Crippen molar-refractivity contribution in [3.05, 3.63) is 70.8 Å². The van der Waals surface area contributed by atoms with E-state index in [9.17, 15) is 9.59 Å². The minimum absolute atomic E-state index is 0.0728. The lowest BCUT2D eigenvalue weighted by atomic mass is 9.94. The minimum atomic E-state index is -0.567. The normalized spacial score (nSPS) is 11.4. The van der Waals surface area contributed by atoms with Crippen LogP contribution in [-0.4, -0.2) is 24.1 Å². The fourth-order valence-electron chi connectivity index (χ4n) is 2.68. The Morgan fingerprint density at radius 3 is 2.69 bits per heavy atom. The van der Waals surface area contributed by atoms with Gasteiger partial charge in [0, 0.05) is 17.1 Å². The maximum atomic E-state index is 12.5. The van der Waals surface area contributed by atoms with Crippen molar-refractivity contribution in [3.8, 4) is 6.07 Å². The molecule has 26 heavy (non-hydrogen) atoms. The highest BCUT2D eigenvalue weighted by Gasteiger charge is 2.24. The van der Waals surface area contributed by atoms with Crippen molar-refractivity contribution < 1.29 is 9.59 Å². The maximum Gasteiger partial charge on any atom is 0.249 e. The Morgan fingerprint density at radius 1 is 1.23 bits per heavy atom. The van der Waals surface area contributed by atoms with E-state index in [0.717, 1.165) is 5.75 Å². The molecule has 0 saturated carbocycles. The SMILES string of the molecule is Cc1cccc(CSCC(C(=O)NCC#N)c2ccccc2C(N)=O)c1. The average molecular weight is 367 g/mol. The van der Waals surface area contributed by atoms with Crippen LogP contribution < -0.4 is 11.1 Å². The van der Waals surface area contributed by atoms with E-state index in [1.165, 1.54) is 11.1 Å². The highest BCUT2D eigenvalue weighted by Crippen LogP contribution is 2.26. The lowest BCUT2D eigenvalue weighted by Crippen LogP contribution is -2.32. The van der Waals surface area contributed by atoms with Crippen LogP contribution in [-0.2, 0) is 10.5 Å². The molecule has 2 aromatic carbocycles. The molecule has 3 N–H and O–H groups in total. The lowest BCUT2D eigenvalue weighted by Gasteiger charge is -2.18. The molecule has 0 aliphatic carbocycles. The number of nitriles is 1. The molecule has 2 amide bonds. The number of nitrogens with one attached hydrogen (secondary N) is 1. The van der Waals surface area contributed by atoms with E-state index in [0.29, 0.717) is 16.9 Å². The number of nitrogens with zero attached hydrogens (tertiary/aromatic N) is 1. The quantitative estimate of drug-likeness (QED) is 0.701. The van der Waals surface area contributed by atoms with Crippen LogP contribution in [0.3, 0.4) is 0 Å². The summed E-state index contributed by atoms with van der Waals surface area (Å²) in [7, 11) is 0. The summed E-state index contributed by atoms with van der Waals surface area (Å²) in [5.41, 5.74) is 8.74. The van der Waals surface area contributed by atoms with Crippen LogP contribution in [0.4, 0.5) is 0 Å². The van der Waals surface area contributed by atoms with Crippen molar-refractivity contribution in [1.29, 1.82) is 5.26 Å². The van der Waals surface area contributed by atoms with Gasteiger partial charge in [-0.1, -0.05) is 48.0 Å². The van der Waals surface area contributed by atoms with E-state index in [1.54, 1.807) is 36.0 Å². The number of hydrogen-bond donors (Lipinski definition) is 2. The molecule has 0 fully saturated rings. The summed E-state index contributed by atoms with van der Waals surface area (Å²) in [4.78, 5) is 24.3. The van der Waals surface area contributed by atoms with E-state index in [-0.39, 0.29) is 12.5 Å². The summed E-state index contributed by atoms with van der Waals surface area (Å²) in [5.74, 6) is -0.168. The van der Waals surface area contributed by atoms with Crippen LogP contribution in [0, 0.1) is 18.3 Å². The minimum Gasteiger partial charge on any atom is -0.366 e. The average Bonchev–Trinajstić information content (AvgIpc) is 2.63. The van der Waals surface area contributed by atoms with Crippen LogP contribution in [0.2, 0.25) is 0 Å². The Balaban J connectivity index is 2.18. The molecule has 0 radical (unpaired) electrons. The number of hydrogen-bond acceptors (Lipinski definition) is 4. The molecule has 0 spiro atoms. The first kappa shape index (κ1) is 19.5. The molecular formula is C20H21N3O2S. The topological polar surface area (TPSA) is 96.0 Å². The number of carbonyl (C=O) groups excluding carboxylic acids is 2. The van der Waals surface area contributed by atoms with Crippen molar-refractivity contribution >= 4 is 23.6 Å². The molecule has 0 aliphatic rings. The van der Waals surface area contributed by atoms with Crippen LogP contribution in [0.25, 0.3) is 0 Å². The molecule has 0 aliphatic heterocycles. The Hall–Kier alpha value is -2.78. The smallest absolute Gasteiger partial charge is 0.249 e. The largest absolute Gasteiger partial charge is 0.366 e. The molecule has 134 valence electrons. The fraction of sp³-hybridized carbons (Fsp3) is 0.250. The van der Waals surface area contributed by atoms with Gasteiger partial charge in [0.05, 0.1) is 12.0 Å².